The minimum atomic E-state index is -5.61. The summed E-state index contributed by atoms with van der Waals surface area (Å²) in [6.07, 6.45) is 0. The van der Waals surface area contributed by atoms with Gasteiger partial charge in [0.25, 0.3) is 0 Å². The minimum Gasteiger partial charge on any atom is -0.894 e. The van der Waals surface area contributed by atoms with E-state index in [0.29, 0.717) is 0 Å². The fraction of sp³-hybridized carbons (Fsp3) is 0. The predicted molar refractivity (Wildman–Crippen MR) is 18.4 cm³/mol. The zero-order valence-corrected chi connectivity index (χ0v) is 8.16. The Kier molecular flexibility index (Phi) is 18.0. The molecule has 0 atom stereocenters. The number of hydrogen-bond donors (Lipinski definition) is 0. The molecule has 0 rings (SSSR count). The van der Waals surface area contributed by atoms with Crippen molar-refractivity contribution in [2.75, 3.05) is 0 Å². The van der Waals surface area contributed by atoms with Crippen LogP contribution in [0, 0.1) is 0 Å². The summed E-state index contributed by atoms with van der Waals surface area (Å²) >= 11 is 0.917. The molecule has 8 heavy (non-hydrogen) atoms. The summed E-state index contributed by atoms with van der Waals surface area (Å²) in [6, 6.07) is 0. The van der Waals surface area contributed by atoms with Gasteiger partial charge in [0, 0.05) is 0 Å². The molecule has 0 saturated carbocycles. The summed E-state index contributed by atoms with van der Waals surface area (Å²) in [7, 11) is -5.61. The van der Waals surface area contributed by atoms with Gasteiger partial charge >= 0.3 is 58.0 Å². The molecule has 4 nitrogen and oxygen atoms in total. The summed E-state index contributed by atoms with van der Waals surface area (Å²) in [4.78, 5) is 34.3. The first-order valence-corrected chi connectivity index (χ1v) is 3.10. The van der Waals surface area contributed by atoms with Crippen molar-refractivity contribution in [2.45, 2.75) is 0 Å². The molecule has 0 fully saturated rings. The van der Waals surface area contributed by atoms with E-state index in [4.69, 9.17) is 19.2 Å². The molecule has 0 heterocycles. The maximum Gasteiger partial charge on any atom is -0.426 e. The Hall–Kier alpha value is 1.78. The molecule has 0 amide bonds. The van der Waals surface area contributed by atoms with Crippen molar-refractivity contribution in [1.29, 1.82) is 0 Å². The summed E-state index contributed by atoms with van der Waals surface area (Å²) in [6.45, 7) is 0. The first kappa shape index (κ1) is 16.4. The summed E-state index contributed by atoms with van der Waals surface area (Å²) in [5.41, 5.74) is 0. The summed E-state index contributed by atoms with van der Waals surface area (Å²) in [5, 5.41) is 0. The van der Waals surface area contributed by atoms with Crippen molar-refractivity contribution in [3.63, 3.8) is 0 Å². The van der Waals surface area contributed by atoms with Crippen LogP contribution in [-0.2, 0) is 0 Å². The molecule has 0 aromatic rings. The van der Waals surface area contributed by atoms with E-state index in [1.165, 1.54) is 0 Å². The smallest absolute Gasteiger partial charge is 0.426 e. The zero-order valence-electron chi connectivity index (χ0n) is 3.80. The Morgan fingerprint density at radius 2 is 1.00 bits per heavy atom. The monoisotopic (exact) mass is 178 g/mol. The van der Waals surface area contributed by atoms with Gasteiger partial charge in [-0.15, -0.1) is 0 Å². The Balaban J connectivity index is -0.0000000750. The van der Waals surface area contributed by atoms with E-state index in [-0.39, 0.29) is 37.7 Å². The van der Waals surface area contributed by atoms with Gasteiger partial charge < -0.3 is 28.2 Å². The molecule has 0 aliphatic heterocycles. The van der Waals surface area contributed by atoms with E-state index in [2.05, 4.69) is 0 Å². The average molecular weight is 178 g/mol. The summed E-state index contributed by atoms with van der Waals surface area (Å²) in [5.74, 6) is 0. The van der Waals surface area contributed by atoms with Gasteiger partial charge in [0.2, 0.25) is 0 Å². The van der Waals surface area contributed by atoms with E-state index in [1.54, 1.807) is 0 Å². The quantitative estimate of drug-likeness (QED) is 0.346. The van der Waals surface area contributed by atoms with Crippen molar-refractivity contribution in [3.8, 4) is 0 Å². The van der Waals surface area contributed by atoms with Gasteiger partial charge in [0.15, 0.2) is 0 Å². The Labute approximate surface area is 85.4 Å². The van der Waals surface area contributed by atoms with E-state index in [1.807, 2.05) is 0 Å². The van der Waals surface area contributed by atoms with Crippen molar-refractivity contribution in [3.05, 3.63) is 0 Å². The molecule has 0 radical (unpaired) electrons. The van der Waals surface area contributed by atoms with Crippen LogP contribution in [0.5, 0.6) is 0 Å². The molecule has 0 aromatic heterocycles. The molecular formula is AlCaFO4Si. The second-order valence-electron chi connectivity index (χ2n) is 0.500. The van der Waals surface area contributed by atoms with Crippen LogP contribution in [0.2, 0.25) is 0 Å². The molecule has 0 unspecified atom stereocenters. The summed E-state index contributed by atoms with van der Waals surface area (Å²) < 4.78 is 9.42. The topological polar surface area (TPSA) is 92.2 Å². The molecule has 8 heteroatoms. The van der Waals surface area contributed by atoms with Crippen LogP contribution in [0.15, 0.2) is 0 Å². The van der Waals surface area contributed by atoms with Crippen molar-refractivity contribution in [2.24, 2.45) is 0 Å². The van der Waals surface area contributed by atoms with Gasteiger partial charge in [0.1, 0.15) is 0 Å². The van der Waals surface area contributed by atoms with Crippen molar-refractivity contribution < 1.29 is 22.7 Å². The number of hydrogen-bond acceptors (Lipinski definition) is 4. The third-order valence-corrected chi connectivity index (χ3v) is 0. The normalized spacial score (nSPS) is 8.38. The van der Waals surface area contributed by atoms with Gasteiger partial charge in [-0.1, -0.05) is 0 Å². The Bertz CT molecular complexity index is 31.5. The molecule has 0 bridgehead atoms. The van der Waals surface area contributed by atoms with E-state index < -0.39 is 9.05 Å². The number of rotatable bonds is 0. The first-order valence-electron chi connectivity index (χ1n) is 1.03. The second-order valence-corrected chi connectivity index (χ2v) is 1.50. The third kappa shape index (κ3) is 113. The fourth-order valence-electron chi connectivity index (χ4n) is 0. The standard InChI is InChI=1S/Al.Ca.FH.O4Si/c;;;1-5(2,3)4/h;;1H;/q+3;+2;;-4/p-1. The van der Waals surface area contributed by atoms with Crippen LogP contribution in [0.25, 0.3) is 0 Å². The molecule has 0 aliphatic rings. The maximum atomic E-state index is 9.42. The van der Waals surface area contributed by atoms with Crippen molar-refractivity contribution >= 4 is 63.5 Å². The van der Waals surface area contributed by atoms with Crippen LogP contribution in [-0.4, -0.2) is 63.5 Å². The maximum absolute atomic E-state index is 9.42. The van der Waals surface area contributed by atoms with Gasteiger partial charge in [-0.3, -0.25) is 0 Å². The van der Waals surface area contributed by atoms with E-state index >= 15 is 0 Å². The molecule has 0 spiro atoms. The van der Waals surface area contributed by atoms with Crippen LogP contribution >= 0.6 is 0 Å². The minimum absolute atomic E-state index is 0. The largest absolute Gasteiger partial charge is 0.894 e. The van der Waals surface area contributed by atoms with Crippen LogP contribution < -0.4 is 19.2 Å². The van der Waals surface area contributed by atoms with Crippen molar-refractivity contribution in [1.82, 2.24) is 0 Å². The van der Waals surface area contributed by atoms with E-state index in [9.17, 15) is 3.52 Å². The van der Waals surface area contributed by atoms with Crippen LogP contribution in [0.1, 0.15) is 0 Å². The van der Waals surface area contributed by atoms with Gasteiger partial charge in [0.05, 0.1) is 0 Å². The zero-order chi connectivity index (χ0) is 6.50. The molecule has 0 N–H and O–H groups in total. The second kappa shape index (κ2) is 8.78. The Morgan fingerprint density at radius 3 is 1.00 bits per heavy atom. The van der Waals surface area contributed by atoms with Gasteiger partial charge in [-0.05, 0) is 0 Å². The molecule has 0 aliphatic carbocycles. The third-order valence-electron chi connectivity index (χ3n) is 0. The van der Waals surface area contributed by atoms with Gasteiger partial charge in [-0.25, -0.2) is 0 Å². The molecule has 40 valence electrons. The molecular weight excluding hydrogens is 178 g/mol. The number of halogens is 1. The van der Waals surface area contributed by atoms with Crippen LogP contribution in [0.4, 0.5) is 3.52 Å². The fourth-order valence-corrected chi connectivity index (χ4v) is 0. The predicted octanol–water partition coefficient (Wildman–Crippen LogP) is -5.48. The van der Waals surface area contributed by atoms with Gasteiger partial charge in [-0.2, -0.15) is 0 Å². The van der Waals surface area contributed by atoms with E-state index in [0.717, 1.165) is 16.7 Å². The van der Waals surface area contributed by atoms with Crippen LogP contribution in [0.3, 0.4) is 0 Å². The molecule has 0 saturated heterocycles. The Morgan fingerprint density at radius 1 is 1.00 bits per heavy atom. The first-order chi connectivity index (χ1) is 3.00. The SMILES string of the molecule is [Ca+2].[F][Al+2].[O-][Si]([O-])([O-])[O-]. The average Bonchev–Trinajstić information content (AvgIpc) is 1.36. The molecule has 0 aromatic carbocycles.